The predicted molar refractivity (Wildman–Crippen MR) is 80.9 cm³/mol. The normalized spacial score (nSPS) is 22.8. The largest absolute Gasteiger partial charge is 0.382 e. The van der Waals surface area contributed by atoms with Crippen molar-refractivity contribution in [2.45, 2.75) is 31.8 Å². The summed E-state index contributed by atoms with van der Waals surface area (Å²) in [6, 6.07) is 8.61. The fourth-order valence-electron chi connectivity index (χ4n) is 3.12. The number of hydrogen-bond acceptors (Lipinski definition) is 4. The zero-order valence-corrected chi connectivity index (χ0v) is 12.4. The van der Waals surface area contributed by atoms with Crippen LogP contribution in [0.4, 0.5) is 0 Å². The number of hydrogen-bond donors (Lipinski definition) is 2. The third-order valence-electron chi connectivity index (χ3n) is 4.42. The van der Waals surface area contributed by atoms with Crippen molar-refractivity contribution >= 4 is 0 Å². The van der Waals surface area contributed by atoms with E-state index in [1.54, 1.807) is 6.20 Å². The Kier molecular flexibility index (Phi) is 4.03. The number of aromatic amines is 1. The second-order valence-corrected chi connectivity index (χ2v) is 5.79. The van der Waals surface area contributed by atoms with E-state index in [0.29, 0.717) is 12.2 Å². The molecule has 5 heteroatoms. The van der Waals surface area contributed by atoms with Crippen LogP contribution in [-0.2, 0) is 18.4 Å². The molecule has 3 rings (SSSR count). The molecule has 21 heavy (non-hydrogen) atoms. The van der Waals surface area contributed by atoms with Gasteiger partial charge in [0.15, 0.2) is 0 Å². The summed E-state index contributed by atoms with van der Waals surface area (Å²) in [4.78, 5) is 2.31. The zero-order chi connectivity index (χ0) is 14.7. The van der Waals surface area contributed by atoms with E-state index < -0.39 is 5.60 Å². The van der Waals surface area contributed by atoms with E-state index in [2.05, 4.69) is 51.5 Å². The molecule has 5 nitrogen and oxygen atoms in total. The average Bonchev–Trinajstić information content (AvgIpc) is 3.16. The first-order valence-electron chi connectivity index (χ1n) is 7.59. The van der Waals surface area contributed by atoms with E-state index in [1.807, 2.05) is 0 Å². The second kappa shape index (κ2) is 5.95. The highest BCUT2D eigenvalue weighted by molar-refractivity contribution is 5.27. The number of nitrogens with one attached hydrogen (secondary N) is 1. The molecule has 1 atom stereocenters. The van der Waals surface area contributed by atoms with Crippen LogP contribution in [-0.4, -0.2) is 45.1 Å². The summed E-state index contributed by atoms with van der Waals surface area (Å²) in [6.45, 7) is 4.70. The van der Waals surface area contributed by atoms with Gasteiger partial charge in [0.05, 0.1) is 6.20 Å². The number of rotatable bonds is 5. The van der Waals surface area contributed by atoms with Crippen molar-refractivity contribution in [2.75, 3.05) is 19.6 Å². The Morgan fingerprint density at radius 2 is 2.14 bits per heavy atom. The van der Waals surface area contributed by atoms with Gasteiger partial charge >= 0.3 is 0 Å². The fraction of sp³-hybridized carbons (Fsp3) is 0.500. The van der Waals surface area contributed by atoms with Gasteiger partial charge in [0, 0.05) is 19.6 Å². The number of nitrogens with zero attached hydrogens (tertiary/aromatic N) is 3. The van der Waals surface area contributed by atoms with Crippen LogP contribution in [0, 0.1) is 0 Å². The van der Waals surface area contributed by atoms with E-state index in [1.165, 1.54) is 11.1 Å². The van der Waals surface area contributed by atoms with Gasteiger partial charge < -0.3 is 5.11 Å². The van der Waals surface area contributed by atoms with Gasteiger partial charge in [0.1, 0.15) is 11.3 Å². The Balaban J connectivity index is 1.60. The second-order valence-electron chi connectivity index (χ2n) is 5.79. The van der Waals surface area contributed by atoms with E-state index in [4.69, 9.17) is 0 Å². The predicted octanol–water partition coefficient (Wildman–Crippen LogP) is 1.50. The monoisotopic (exact) mass is 286 g/mol. The molecule has 2 N–H and O–H groups in total. The molecular formula is C16H22N4O. The Bertz CT molecular complexity index is 584. The van der Waals surface area contributed by atoms with Crippen LogP contribution in [0.2, 0.25) is 0 Å². The molecule has 0 unspecified atom stereocenters. The van der Waals surface area contributed by atoms with Crippen LogP contribution in [0.25, 0.3) is 0 Å². The molecule has 0 bridgehead atoms. The molecule has 1 saturated heterocycles. The highest BCUT2D eigenvalue weighted by Crippen LogP contribution is 2.30. The maximum Gasteiger partial charge on any atom is 0.124 e. The third-order valence-corrected chi connectivity index (χ3v) is 4.42. The Labute approximate surface area is 125 Å². The van der Waals surface area contributed by atoms with Crippen LogP contribution in [0.15, 0.2) is 30.5 Å². The van der Waals surface area contributed by atoms with Crippen molar-refractivity contribution in [3.63, 3.8) is 0 Å². The fourth-order valence-corrected chi connectivity index (χ4v) is 3.12. The highest BCUT2D eigenvalue weighted by atomic mass is 16.3. The minimum Gasteiger partial charge on any atom is -0.382 e. The van der Waals surface area contributed by atoms with Gasteiger partial charge in [0.2, 0.25) is 0 Å². The Morgan fingerprint density at radius 3 is 2.86 bits per heavy atom. The van der Waals surface area contributed by atoms with Gasteiger partial charge in [0.25, 0.3) is 0 Å². The van der Waals surface area contributed by atoms with Gasteiger partial charge in [-0.3, -0.25) is 4.90 Å². The summed E-state index contributed by atoms with van der Waals surface area (Å²) in [5, 5.41) is 21.1. The van der Waals surface area contributed by atoms with Gasteiger partial charge in [-0.25, -0.2) is 0 Å². The number of β-amino-alcohol motifs (C(OH)–C–C–N with tert-alkyl or cyclic N) is 1. The number of aryl methyl sites for hydroxylation is 1. The molecule has 1 fully saturated rings. The lowest BCUT2D eigenvalue weighted by molar-refractivity contribution is 0.0418. The smallest absolute Gasteiger partial charge is 0.124 e. The van der Waals surface area contributed by atoms with Crippen LogP contribution in [0.3, 0.4) is 0 Å². The minimum absolute atomic E-state index is 0.633. The van der Waals surface area contributed by atoms with Crippen molar-refractivity contribution in [2.24, 2.45) is 0 Å². The molecular weight excluding hydrogens is 264 g/mol. The lowest BCUT2D eigenvalue weighted by atomic mass is 10.00. The molecule has 0 saturated carbocycles. The van der Waals surface area contributed by atoms with Crippen molar-refractivity contribution in [3.05, 3.63) is 47.3 Å². The molecule has 1 aliphatic rings. The minimum atomic E-state index is -0.850. The molecule has 1 aromatic carbocycles. The van der Waals surface area contributed by atoms with Crippen molar-refractivity contribution in [3.8, 4) is 0 Å². The highest BCUT2D eigenvalue weighted by Gasteiger charge is 2.39. The number of likely N-dealkylation sites (tertiary alicyclic amines) is 1. The van der Waals surface area contributed by atoms with Gasteiger partial charge in [-0.2, -0.15) is 15.4 Å². The van der Waals surface area contributed by atoms with Gasteiger partial charge in [-0.05, 0) is 30.4 Å². The maximum atomic E-state index is 10.7. The van der Waals surface area contributed by atoms with Gasteiger partial charge in [-0.1, -0.05) is 31.2 Å². The van der Waals surface area contributed by atoms with E-state index in [-0.39, 0.29) is 0 Å². The first-order chi connectivity index (χ1) is 10.2. The SMILES string of the molecule is CCc1ccccc1CCN1CC[C@](O)(c2cn[nH]n2)C1. The van der Waals surface area contributed by atoms with Gasteiger partial charge in [-0.15, -0.1) is 0 Å². The Morgan fingerprint density at radius 1 is 1.33 bits per heavy atom. The molecule has 0 radical (unpaired) electrons. The van der Waals surface area contributed by atoms with Crippen molar-refractivity contribution < 1.29 is 5.11 Å². The lowest BCUT2D eigenvalue weighted by Crippen LogP contribution is -2.32. The maximum absolute atomic E-state index is 10.7. The summed E-state index contributed by atoms with van der Waals surface area (Å²) in [5.74, 6) is 0. The quantitative estimate of drug-likeness (QED) is 0.874. The van der Waals surface area contributed by atoms with Crippen molar-refractivity contribution in [1.82, 2.24) is 20.3 Å². The molecule has 0 spiro atoms. The third kappa shape index (κ3) is 2.99. The average molecular weight is 286 g/mol. The molecule has 0 amide bonds. The molecule has 1 aromatic heterocycles. The molecule has 2 aromatic rings. The summed E-state index contributed by atoms with van der Waals surface area (Å²) in [6.07, 6.45) is 4.43. The number of benzene rings is 1. The standard InChI is InChI=1S/C16H22N4O/c1-2-13-5-3-4-6-14(13)7-9-20-10-8-16(21,12-20)15-11-17-19-18-15/h3-6,11,21H,2,7-10,12H2,1H3,(H,17,18,19)/t16-/m1/s1. The van der Waals surface area contributed by atoms with Crippen LogP contribution in [0.5, 0.6) is 0 Å². The summed E-state index contributed by atoms with van der Waals surface area (Å²) < 4.78 is 0. The molecule has 0 aliphatic carbocycles. The van der Waals surface area contributed by atoms with E-state index in [9.17, 15) is 5.11 Å². The van der Waals surface area contributed by atoms with Crippen LogP contribution < -0.4 is 0 Å². The summed E-state index contributed by atoms with van der Waals surface area (Å²) >= 11 is 0. The van der Waals surface area contributed by atoms with Crippen molar-refractivity contribution in [1.29, 1.82) is 0 Å². The van der Waals surface area contributed by atoms with E-state index in [0.717, 1.165) is 32.4 Å². The molecule has 1 aliphatic heterocycles. The summed E-state index contributed by atoms with van der Waals surface area (Å²) in [7, 11) is 0. The van der Waals surface area contributed by atoms with E-state index >= 15 is 0 Å². The topological polar surface area (TPSA) is 65.0 Å². The number of H-pyrrole nitrogens is 1. The Hall–Kier alpha value is -1.72. The zero-order valence-electron chi connectivity index (χ0n) is 12.4. The first kappa shape index (κ1) is 14.2. The van der Waals surface area contributed by atoms with Crippen LogP contribution in [0.1, 0.15) is 30.2 Å². The first-order valence-corrected chi connectivity index (χ1v) is 7.59. The molecule has 2 heterocycles. The number of aliphatic hydroxyl groups is 1. The van der Waals surface area contributed by atoms with Crippen LogP contribution >= 0.6 is 0 Å². The summed E-state index contributed by atoms with van der Waals surface area (Å²) in [5.41, 5.74) is 2.64. The molecule has 112 valence electrons. The lowest BCUT2D eigenvalue weighted by Gasteiger charge is -2.21. The number of aromatic nitrogens is 3.